The predicted octanol–water partition coefficient (Wildman–Crippen LogP) is 5.66. The van der Waals surface area contributed by atoms with E-state index in [-0.39, 0.29) is 11.5 Å². The second-order valence-corrected chi connectivity index (χ2v) is 9.94. The van der Waals surface area contributed by atoms with E-state index in [1.165, 1.54) is 0 Å². The summed E-state index contributed by atoms with van der Waals surface area (Å²) in [5.74, 6) is 0.723. The first-order valence-corrected chi connectivity index (χ1v) is 12.2. The average Bonchev–Trinajstić information content (AvgIpc) is 3.00. The van der Waals surface area contributed by atoms with Gasteiger partial charge in [-0.2, -0.15) is 0 Å². The zero-order valence-corrected chi connectivity index (χ0v) is 20.0. The molecule has 3 aromatic rings. The molecule has 3 rings (SSSR count). The summed E-state index contributed by atoms with van der Waals surface area (Å²) in [6.07, 6.45) is 4.19. The number of carbonyl (C=O) groups is 1. The molecule has 27 heavy (non-hydrogen) atoms. The van der Waals surface area contributed by atoms with Crippen LogP contribution in [-0.2, 0) is 17.2 Å². The van der Waals surface area contributed by atoms with Gasteiger partial charge in [-0.25, -0.2) is 0 Å². The highest BCUT2D eigenvalue weighted by Crippen LogP contribution is 2.33. The predicted molar refractivity (Wildman–Crippen MR) is 124 cm³/mol. The van der Waals surface area contributed by atoms with Crippen molar-refractivity contribution in [2.24, 2.45) is 0 Å². The molecule has 0 radical (unpaired) electrons. The van der Waals surface area contributed by atoms with E-state index in [1.54, 1.807) is 30.5 Å². The summed E-state index contributed by atoms with van der Waals surface area (Å²) >= 11 is 4.05. The van der Waals surface area contributed by atoms with E-state index in [2.05, 4.69) is 6.92 Å². The number of halogens is 2. The molecule has 7 heteroatoms. The van der Waals surface area contributed by atoms with E-state index in [0.717, 1.165) is 18.2 Å². The van der Waals surface area contributed by atoms with Crippen LogP contribution in [0.5, 0.6) is 5.75 Å². The third-order valence-corrected chi connectivity index (χ3v) is 6.89. The molecule has 0 amide bonds. The standard InChI is InChI=1S/C20H18I2O4S/c1-3-4-5-16-18(13-7-6-12(27(2)25)10-17(13)26-16)19(23)11-8-14(21)20(24)15(22)9-11/h6-10,24H,3-5H2,1-2H3. The van der Waals surface area contributed by atoms with Crippen LogP contribution in [0.1, 0.15) is 41.4 Å². The number of hydrogen-bond donors (Lipinski definition) is 1. The number of phenolic OH excluding ortho intramolecular Hbond substituents is 1. The van der Waals surface area contributed by atoms with Crippen molar-refractivity contribution in [3.63, 3.8) is 0 Å². The number of benzene rings is 2. The number of aromatic hydroxyl groups is 1. The van der Waals surface area contributed by atoms with E-state index in [4.69, 9.17) is 4.42 Å². The van der Waals surface area contributed by atoms with Crippen LogP contribution in [0, 0.1) is 7.14 Å². The van der Waals surface area contributed by atoms with Gasteiger partial charge in [0.25, 0.3) is 0 Å². The highest BCUT2D eigenvalue weighted by molar-refractivity contribution is 14.1. The fraction of sp³-hybridized carbons (Fsp3) is 0.250. The largest absolute Gasteiger partial charge is 0.506 e. The number of hydrogen-bond acceptors (Lipinski definition) is 4. The number of fused-ring (bicyclic) bond motifs is 1. The lowest BCUT2D eigenvalue weighted by Gasteiger charge is -2.06. The number of phenols is 1. The van der Waals surface area contributed by atoms with E-state index < -0.39 is 10.8 Å². The van der Waals surface area contributed by atoms with Gasteiger partial charge < -0.3 is 9.52 Å². The van der Waals surface area contributed by atoms with Crippen molar-refractivity contribution in [3.05, 3.63) is 54.4 Å². The Kier molecular flexibility index (Phi) is 6.62. The second kappa shape index (κ2) is 8.60. The van der Waals surface area contributed by atoms with Gasteiger partial charge in [0.1, 0.15) is 17.1 Å². The number of ketones is 1. The van der Waals surface area contributed by atoms with Crippen molar-refractivity contribution in [1.82, 2.24) is 0 Å². The summed E-state index contributed by atoms with van der Waals surface area (Å²) in [5, 5.41) is 10.7. The third-order valence-electron chi connectivity index (χ3n) is 4.33. The van der Waals surface area contributed by atoms with Gasteiger partial charge in [0.2, 0.25) is 0 Å². The molecule has 0 saturated heterocycles. The highest BCUT2D eigenvalue weighted by atomic mass is 127. The van der Waals surface area contributed by atoms with Crippen molar-refractivity contribution >= 4 is 72.7 Å². The van der Waals surface area contributed by atoms with Gasteiger partial charge in [0.15, 0.2) is 5.78 Å². The Labute approximate surface area is 187 Å². The van der Waals surface area contributed by atoms with Gasteiger partial charge in [-0.15, -0.1) is 0 Å². The average molecular weight is 608 g/mol. The smallest absolute Gasteiger partial charge is 0.197 e. The van der Waals surface area contributed by atoms with Crippen LogP contribution in [0.15, 0.2) is 39.6 Å². The van der Waals surface area contributed by atoms with Gasteiger partial charge in [0, 0.05) is 39.3 Å². The zero-order chi connectivity index (χ0) is 19.7. The molecule has 0 aliphatic carbocycles. The van der Waals surface area contributed by atoms with Crippen molar-refractivity contribution in [2.75, 3.05) is 6.26 Å². The van der Waals surface area contributed by atoms with Gasteiger partial charge in [-0.1, -0.05) is 13.3 Å². The van der Waals surface area contributed by atoms with Crippen molar-refractivity contribution in [2.45, 2.75) is 31.1 Å². The summed E-state index contributed by atoms with van der Waals surface area (Å²) < 4.78 is 19.1. The lowest BCUT2D eigenvalue weighted by Crippen LogP contribution is -2.05. The summed E-state index contributed by atoms with van der Waals surface area (Å²) in [7, 11) is -1.12. The SMILES string of the molecule is CCCCc1oc2cc(S(C)=O)ccc2c1C(=O)c1cc(I)c(O)c(I)c1. The van der Waals surface area contributed by atoms with Crippen LogP contribution in [0.3, 0.4) is 0 Å². The van der Waals surface area contributed by atoms with Crippen LogP contribution >= 0.6 is 45.2 Å². The molecule has 1 atom stereocenters. The normalized spacial score (nSPS) is 12.4. The van der Waals surface area contributed by atoms with Crippen LogP contribution < -0.4 is 0 Å². The lowest BCUT2D eigenvalue weighted by molar-refractivity contribution is 0.103. The first-order chi connectivity index (χ1) is 12.8. The fourth-order valence-electron chi connectivity index (χ4n) is 2.91. The molecular formula is C20H18I2O4S. The Hall–Kier alpha value is -0.940. The van der Waals surface area contributed by atoms with Crippen molar-refractivity contribution < 1.29 is 18.5 Å². The van der Waals surface area contributed by atoms with Gasteiger partial charge in [-0.3, -0.25) is 9.00 Å². The summed E-state index contributed by atoms with van der Waals surface area (Å²) in [6.45, 7) is 2.09. The molecule has 1 heterocycles. The summed E-state index contributed by atoms with van der Waals surface area (Å²) in [4.78, 5) is 14.0. The molecule has 0 fully saturated rings. The Bertz CT molecular complexity index is 1030. The number of rotatable bonds is 6. The molecular weight excluding hydrogens is 590 g/mol. The van der Waals surface area contributed by atoms with Crippen molar-refractivity contribution in [1.29, 1.82) is 0 Å². The first kappa shape index (κ1) is 20.8. The monoisotopic (exact) mass is 608 g/mol. The quantitative estimate of drug-likeness (QED) is 0.290. The molecule has 4 nitrogen and oxygen atoms in total. The van der Waals surface area contributed by atoms with Crippen molar-refractivity contribution in [3.8, 4) is 5.75 Å². The minimum atomic E-state index is -1.12. The Morgan fingerprint density at radius 2 is 1.85 bits per heavy atom. The maximum Gasteiger partial charge on any atom is 0.197 e. The Morgan fingerprint density at radius 1 is 1.19 bits per heavy atom. The summed E-state index contributed by atoms with van der Waals surface area (Å²) in [5.41, 5.74) is 1.66. The zero-order valence-electron chi connectivity index (χ0n) is 14.8. The van der Waals surface area contributed by atoms with Gasteiger partial charge in [-0.05, 0) is 81.9 Å². The molecule has 0 aliphatic heterocycles. The minimum Gasteiger partial charge on any atom is -0.506 e. The molecule has 142 valence electrons. The van der Waals surface area contributed by atoms with E-state index in [1.807, 2.05) is 51.2 Å². The molecule has 0 spiro atoms. The van der Waals surface area contributed by atoms with Crippen LogP contribution in [0.2, 0.25) is 0 Å². The molecule has 0 bridgehead atoms. The number of unbranched alkanes of at least 4 members (excludes halogenated alkanes) is 1. The highest BCUT2D eigenvalue weighted by Gasteiger charge is 2.23. The summed E-state index contributed by atoms with van der Waals surface area (Å²) in [6, 6.07) is 8.73. The van der Waals surface area contributed by atoms with E-state index in [9.17, 15) is 14.1 Å². The fourth-order valence-corrected chi connectivity index (χ4v) is 5.21. The molecule has 0 saturated carbocycles. The number of aryl methyl sites for hydroxylation is 1. The lowest BCUT2D eigenvalue weighted by atomic mass is 9.98. The van der Waals surface area contributed by atoms with Gasteiger partial charge >= 0.3 is 0 Å². The second-order valence-electron chi connectivity index (χ2n) is 6.23. The molecule has 1 unspecified atom stereocenters. The van der Waals surface area contributed by atoms with Crippen LogP contribution in [-0.4, -0.2) is 21.4 Å². The minimum absolute atomic E-state index is 0.124. The number of carbonyl (C=O) groups excluding carboxylic acids is 1. The first-order valence-electron chi connectivity index (χ1n) is 8.45. The maximum atomic E-state index is 13.3. The molecule has 1 N–H and O–H groups in total. The Balaban J connectivity index is 2.18. The van der Waals surface area contributed by atoms with E-state index >= 15 is 0 Å². The van der Waals surface area contributed by atoms with Gasteiger partial charge in [0.05, 0.1) is 12.7 Å². The van der Waals surface area contributed by atoms with Crippen LogP contribution in [0.25, 0.3) is 11.0 Å². The third kappa shape index (κ3) is 4.24. The topological polar surface area (TPSA) is 67.5 Å². The molecule has 2 aromatic carbocycles. The van der Waals surface area contributed by atoms with Crippen LogP contribution in [0.4, 0.5) is 0 Å². The molecule has 0 aliphatic rings. The molecule has 1 aromatic heterocycles. The maximum absolute atomic E-state index is 13.3. The number of furan rings is 1. The van der Waals surface area contributed by atoms with E-state index in [0.29, 0.717) is 40.9 Å². The Morgan fingerprint density at radius 3 is 2.44 bits per heavy atom.